The Labute approximate surface area is 300 Å². The maximum absolute atomic E-state index is 13.1. The number of rotatable bonds is 12. The average Bonchev–Trinajstić information content (AvgIpc) is 3.17. The van der Waals surface area contributed by atoms with Crippen molar-refractivity contribution in [1.29, 1.82) is 0 Å². The molecule has 2 fully saturated rings. The smallest absolute Gasteiger partial charge is 0.328 e. The number of anilines is 1. The fourth-order valence-corrected chi connectivity index (χ4v) is 6.83. The van der Waals surface area contributed by atoms with Gasteiger partial charge in [0.05, 0.1) is 25.9 Å². The Bertz CT molecular complexity index is 1700. The van der Waals surface area contributed by atoms with Crippen LogP contribution in [0, 0.1) is 5.92 Å². The van der Waals surface area contributed by atoms with Crippen molar-refractivity contribution in [3.8, 4) is 0 Å². The highest BCUT2D eigenvalue weighted by Crippen LogP contribution is 2.42. The van der Waals surface area contributed by atoms with Gasteiger partial charge in [0.2, 0.25) is 0 Å². The maximum Gasteiger partial charge on any atom is 0.328 e. The summed E-state index contributed by atoms with van der Waals surface area (Å²) in [6.07, 6.45) is -0.753. The number of hydrogen-bond acceptors (Lipinski definition) is 8. The molecule has 6 rings (SSSR count). The van der Waals surface area contributed by atoms with Gasteiger partial charge < -0.3 is 30.0 Å². The molecule has 2 amide bonds. The summed E-state index contributed by atoms with van der Waals surface area (Å²) < 4.78 is 18.4. The molecular weight excluding hydrogens is 644 g/mol. The van der Waals surface area contributed by atoms with E-state index in [-0.39, 0.29) is 24.7 Å². The van der Waals surface area contributed by atoms with Crippen LogP contribution in [0.25, 0.3) is 0 Å². The Morgan fingerprint density at radius 2 is 1.47 bits per heavy atom. The molecule has 4 aromatic rings. The van der Waals surface area contributed by atoms with Crippen LogP contribution in [0.15, 0.2) is 109 Å². The van der Waals surface area contributed by atoms with Gasteiger partial charge in [0.25, 0.3) is 0 Å². The third kappa shape index (κ3) is 9.81. The summed E-state index contributed by atoms with van der Waals surface area (Å²) in [6, 6.07) is 34.0. The maximum atomic E-state index is 13.1. The second kappa shape index (κ2) is 17.6. The lowest BCUT2D eigenvalue weighted by Gasteiger charge is -2.44. The molecule has 5 unspecified atom stereocenters. The van der Waals surface area contributed by atoms with E-state index in [0.717, 1.165) is 61.5 Å². The predicted octanol–water partition coefficient (Wildman–Crippen LogP) is 5.69. The fraction of sp³-hybridized carbons (Fsp3) is 0.366. The molecule has 0 saturated carbocycles. The van der Waals surface area contributed by atoms with E-state index < -0.39 is 24.3 Å². The van der Waals surface area contributed by atoms with Crippen molar-refractivity contribution < 1.29 is 28.9 Å². The lowest BCUT2D eigenvalue weighted by Crippen LogP contribution is -2.51. The summed E-state index contributed by atoms with van der Waals surface area (Å²) in [5.41, 5.74) is 5.40. The Hall–Kier alpha value is -4.58. The van der Waals surface area contributed by atoms with Gasteiger partial charge in [-0.1, -0.05) is 104 Å². The van der Waals surface area contributed by atoms with Crippen LogP contribution in [0.2, 0.25) is 0 Å². The number of piperazine rings is 1. The molecule has 0 bridgehead atoms. The molecule has 0 aromatic heterocycles. The number of aliphatic hydroxyl groups excluding tert-OH is 1. The Morgan fingerprint density at radius 3 is 2.14 bits per heavy atom. The molecule has 2 aliphatic heterocycles. The van der Waals surface area contributed by atoms with E-state index in [4.69, 9.17) is 14.2 Å². The number of carbonyl (C=O) groups excluding carboxylic acids is 2. The first kappa shape index (κ1) is 36.2. The molecular formula is C41H48N4O6. The third-order valence-corrected chi connectivity index (χ3v) is 9.77. The standard InChI is InChI=1S/C41H48N4O6/c1-29-37(27-45-22-20-44(21-23-45)26-31-12-7-4-8-13-31)50-40(51-38(29)33-18-16-32(28-46)17-19-33)34-14-9-15-35(25-34)42-41(48)43-36(39(47)49-2)24-30-10-5-3-6-11-30/h3-19,25,29,36-38,40,46H,20-24,26-28H2,1-2H3,(H2,42,43,48). The van der Waals surface area contributed by atoms with Crippen molar-refractivity contribution >= 4 is 17.7 Å². The zero-order chi connectivity index (χ0) is 35.6. The van der Waals surface area contributed by atoms with E-state index in [0.29, 0.717) is 12.1 Å². The minimum atomic E-state index is -0.856. The highest BCUT2D eigenvalue weighted by Gasteiger charge is 2.39. The highest BCUT2D eigenvalue weighted by atomic mass is 16.7. The van der Waals surface area contributed by atoms with Gasteiger partial charge in [-0.25, -0.2) is 9.59 Å². The zero-order valence-electron chi connectivity index (χ0n) is 29.3. The Morgan fingerprint density at radius 1 is 0.804 bits per heavy atom. The van der Waals surface area contributed by atoms with Gasteiger partial charge in [0, 0.05) is 62.9 Å². The van der Waals surface area contributed by atoms with Crippen LogP contribution >= 0.6 is 0 Å². The van der Waals surface area contributed by atoms with Crippen molar-refractivity contribution in [2.45, 2.75) is 51.0 Å². The molecule has 2 aliphatic rings. The van der Waals surface area contributed by atoms with E-state index >= 15 is 0 Å². The second-order valence-electron chi connectivity index (χ2n) is 13.4. The Kier molecular flexibility index (Phi) is 12.5. The van der Waals surface area contributed by atoms with Gasteiger partial charge in [-0.3, -0.25) is 9.80 Å². The van der Waals surface area contributed by atoms with E-state index in [9.17, 15) is 14.7 Å². The van der Waals surface area contributed by atoms with Gasteiger partial charge in [-0.05, 0) is 34.4 Å². The number of amides is 2. The molecule has 10 nitrogen and oxygen atoms in total. The predicted molar refractivity (Wildman–Crippen MR) is 196 cm³/mol. The number of aliphatic hydroxyl groups is 1. The molecule has 51 heavy (non-hydrogen) atoms. The van der Waals surface area contributed by atoms with Gasteiger partial charge in [-0.15, -0.1) is 0 Å². The van der Waals surface area contributed by atoms with Gasteiger partial charge in [0.15, 0.2) is 6.29 Å². The first-order chi connectivity index (χ1) is 24.9. The van der Waals surface area contributed by atoms with Crippen LogP contribution in [-0.4, -0.2) is 78.9 Å². The molecule has 0 spiro atoms. The Balaban J connectivity index is 1.14. The first-order valence-corrected chi connectivity index (χ1v) is 17.7. The summed E-state index contributed by atoms with van der Waals surface area (Å²) in [7, 11) is 1.31. The molecule has 0 aliphatic carbocycles. The third-order valence-electron chi connectivity index (χ3n) is 9.77. The van der Waals surface area contributed by atoms with Crippen molar-refractivity contribution in [1.82, 2.24) is 15.1 Å². The number of nitrogens with zero attached hydrogens (tertiary/aromatic N) is 2. The summed E-state index contributed by atoms with van der Waals surface area (Å²) in [6.45, 7) is 7.74. The number of methoxy groups -OCH3 is 1. The minimum absolute atomic E-state index is 0.0219. The largest absolute Gasteiger partial charge is 0.467 e. The summed E-state index contributed by atoms with van der Waals surface area (Å²) in [4.78, 5) is 30.6. The van der Waals surface area contributed by atoms with E-state index in [1.165, 1.54) is 12.7 Å². The van der Waals surface area contributed by atoms with Crippen molar-refractivity contribution in [2.24, 2.45) is 5.92 Å². The quantitative estimate of drug-likeness (QED) is 0.162. The number of urea groups is 1. The van der Waals surface area contributed by atoms with Crippen molar-refractivity contribution in [2.75, 3.05) is 45.2 Å². The molecule has 268 valence electrons. The van der Waals surface area contributed by atoms with E-state index in [1.54, 1.807) is 6.07 Å². The summed E-state index contributed by atoms with van der Waals surface area (Å²) in [5, 5.41) is 15.3. The molecule has 10 heteroatoms. The zero-order valence-corrected chi connectivity index (χ0v) is 29.3. The second-order valence-corrected chi connectivity index (χ2v) is 13.4. The van der Waals surface area contributed by atoms with Crippen LogP contribution in [0.4, 0.5) is 10.5 Å². The number of carbonyl (C=O) groups is 2. The molecule has 2 saturated heterocycles. The van der Waals surface area contributed by atoms with Gasteiger partial charge >= 0.3 is 12.0 Å². The van der Waals surface area contributed by atoms with Crippen molar-refractivity contribution in [3.63, 3.8) is 0 Å². The molecule has 0 radical (unpaired) electrons. The van der Waals surface area contributed by atoms with Crippen LogP contribution in [0.1, 0.15) is 47.1 Å². The van der Waals surface area contributed by atoms with Gasteiger partial charge in [-0.2, -0.15) is 0 Å². The lowest BCUT2D eigenvalue weighted by molar-refractivity contribution is -0.276. The molecule has 3 N–H and O–H groups in total. The van der Waals surface area contributed by atoms with E-state index in [2.05, 4.69) is 57.7 Å². The number of benzene rings is 4. The SMILES string of the molecule is COC(=O)C(Cc1ccccc1)NC(=O)Nc1cccc(C2OC(CN3CCN(Cc4ccccc4)CC3)C(C)C(c3ccc(CO)cc3)O2)c1. The van der Waals surface area contributed by atoms with Gasteiger partial charge in [0.1, 0.15) is 6.04 Å². The topological polar surface area (TPSA) is 113 Å². The van der Waals surface area contributed by atoms with Crippen molar-refractivity contribution in [3.05, 3.63) is 137 Å². The summed E-state index contributed by atoms with van der Waals surface area (Å²) >= 11 is 0. The number of esters is 1. The van der Waals surface area contributed by atoms with E-state index in [1.807, 2.05) is 72.8 Å². The molecule has 4 aromatic carbocycles. The first-order valence-electron chi connectivity index (χ1n) is 17.7. The average molecular weight is 693 g/mol. The molecule has 2 heterocycles. The minimum Gasteiger partial charge on any atom is -0.467 e. The fourth-order valence-electron chi connectivity index (χ4n) is 6.83. The highest BCUT2D eigenvalue weighted by molar-refractivity contribution is 5.92. The van der Waals surface area contributed by atoms with Crippen LogP contribution < -0.4 is 10.6 Å². The number of nitrogens with one attached hydrogen (secondary N) is 2. The monoisotopic (exact) mass is 692 g/mol. The number of ether oxygens (including phenoxy) is 3. The molecule has 5 atom stereocenters. The van der Waals surface area contributed by atoms with Crippen LogP contribution in [-0.2, 0) is 38.6 Å². The number of hydrogen-bond donors (Lipinski definition) is 3. The normalized spacial score (nSPS) is 21.8. The lowest BCUT2D eigenvalue weighted by atomic mass is 9.90. The van der Waals surface area contributed by atoms with Crippen LogP contribution in [0.3, 0.4) is 0 Å². The summed E-state index contributed by atoms with van der Waals surface area (Å²) in [5.74, 6) is -0.474. The van der Waals surface area contributed by atoms with Crippen LogP contribution in [0.5, 0.6) is 0 Å².